The first-order valence-corrected chi connectivity index (χ1v) is 12.1. The van der Waals surface area contributed by atoms with E-state index in [9.17, 15) is 9.90 Å². The maximum atomic E-state index is 13.0. The average molecular weight is 446 g/mol. The lowest BCUT2D eigenvalue weighted by Gasteiger charge is -2.57. The highest BCUT2D eigenvalue weighted by Gasteiger charge is 2.49. The summed E-state index contributed by atoms with van der Waals surface area (Å²) >= 11 is 0. The largest absolute Gasteiger partial charge is 0.395 e. The van der Waals surface area contributed by atoms with Crippen LogP contribution in [-0.2, 0) is 0 Å². The number of nitrogens with zero attached hydrogens (tertiary/aromatic N) is 2. The number of hydrogen-bond acceptors (Lipinski definition) is 3. The van der Waals surface area contributed by atoms with E-state index in [1.807, 2.05) is 35.2 Å². The molecule has 2 saturated heterocycles. The van der Waals surface area contributed by atoms with Crippen LogP contribution >= 0.6 is 0 Å². The van der Waals surface area contributed by atoms with Crippen LogP contribution in [0, 0.1) is 17.8 Å². The molecule has 2 fully saturated rings. The van der Waals surface area contributed by atoms with E-state index < -0.39 is 0 Å². The summed E-state index contributed by atoms with van der Waals surface area (Å²) in [6.45, 7) is 6.87. The first-order valence-electron chi connectivity index (χ1n) is 12.1. The third-order valence-electron chi connectivity index (χ3n) is 6.72. The van der Waals surface area contributed by atoms with Gasteiger partial charge in [-0.05, 0) is 55.1 Å². The first-order chi connectivity index (χ1) is 16.1. The molecule has 4 rings (SSSR count). The van der Waals surface area contributed by atoms with E-state index in [-0.39, 0.29) is 30.6 Å². The number of anilines is 1. The van der Waals surface area contributed by atoms with Crippen LogP contribution in [0.1, 0.15) is 50.2 Å². The van der Waals surface area contributed by atoms with Crippen LogP contribution in [0.15, 0.2) is 54.6 Å². The van der Waals surface area contributed by atoms with Crippen molar-refractivity contribution in [3.63, 3.8) is 0 Å². The van der Waals surface area contributed by atoms with Crippen LogP contribution in [0.3, 0.4) is 0 Å². The SMILES string of the molecule is CC(C)CC#Cc1ccc([C@@H]2[C@@H](CO)N3CCCCN(C(=O)Nc4ccccc4)C[C@@H]23)cc1. The number of aliphatic hydroxyl groups is 1. The maximum Gasteiger partial charge on any atom is 0.321 e. The van der Waals surface area contributed by atoms with Crippen molar-refractivity contribution >= 4 is 11.7 Å². The van der Waals surface area contributed by atoms with Gasteiger partial charge in [-0.25, -0.2) is 4.79 Å². The van der Waals surface area contributed by atoms with Gasteiger partial charge >= 0.3 is 6.03 Å². The van der Waals surface area contributed by atoms with E-state index in [1.54, 1.807) is 0 Å². The zero-order chi connectivity index (χ0) is 23.2. The molecule has 0 aliphatic carbocycles. The number of hydrogen-bond donors (Lipinski definition) is 2. The molecule has 2 N–H and O–H groups in total. The molecule has 174 valence electrons. The Hall–Kier alpha value is -2.81. The number of urea groups is 1. The predicted molar refractivity (Wildman–Crippen MR) is 133 cm³/mol. The molecule has 0 unspecified atom stereocenters. The molecular formula is C28H35N3O2. The number of nitrogens with one attached hydrogen (secondary N) is 1. The number of carbonyl (C=O) groups is 1. The van der Waals surface area contributed by atoms with Gasteiger partial charge in [0.15, 0.2) is 0 Å². The predicted octanol–water partition coefficient (Wildman–Crippen LogP) is 4.54. The molecule has 2 aliphatic rings. The van der Waals surface area contributed by atoms with Gasteiger partial charge in [0.05, 0.1) is 6.61 Å². The second-order valence-corrected chi connectivity index (χ2v) is 9.55. The Morgan fingerprint density at radius 2 is 1.82 bits per heavy atom. The molecule has 2 heterocycles. The van der Waals surface area contributed by atoms with E-state index in [2.05, 4.69) is 60.2 Å². The Bertz CT molecular complexity index is 978. The summed E-state index contributed by atoms with van der Waals surface area (Å²) in [4.78, 5) is 17.4. The van der Waals surface area contributed by atoms with Crippen LogP contribution in [0.4, 0.5) is 10.5 Å². The van der Waals surface area contributed by atoms with Crippen LogP contribution in [0.2, 0.25) is 0 Å². The topological polar surface area (TPSA) is 55.8 Å². The lowest BCUT2D eigenvalue weighted by molar-refractivity contribution is -0.0585. The quantitative estimate of drug-likeness (QED) is 0.680. The third-order valence-corrected chi connectivity index (χ3v) is 6.72. The van der Waals surface area contributed by atoms with Gasteiger partial charge in [0, 0.05) is 48.8 Å². The molecule has 5 nitrogen and oxygen atoms in total. The van der Waals surface area contributed by atoms with E-state index in [1.165, 1.54) is 5.56 Å². The number of carbonyl (C=O) groups excluding carboxylic acids is 1. The van der Waals surface area contributed by atoms with Crippen molar-refractivity contribution in [2.75, 3.05) is 31.6 Å². The molecule has 2 aromatic rings. The summed E-state index contributed by atoms with van der Waals surface area (Å²) in [5.41, 5.74) is 3.06. The number of aliphatic hydroxyl groups excluding tert-OH is 1. The molecule has 0 radical (unpaired) electrons. The van der Waals surface area contributed by atoms with E-state index in [0.29, 0.717) is 12.5 Å². The zero-order valence-electron chi connectivity index (χ0n) is 19.7. The lowest BCUT2D eigenvalue weighted by atomic mass is 9.74. The van der Waals surface area contributed by atoms with Crippen molar-refractivity contribution in [2.24, 2.45) is 5.92 Å². The normalized spacial score (nSPS) is 22.9. The van der Waals surface area contributed by atoms with E-state index in [4.69, 9.17) is 0 Å². The van der Waals surface area contributed by atoms with Gasteiger partial charge in [-0.2, -0.15) is 0 Å². The molecule has 33 heavy (non-hydrogen) atoms. The van der Waals surface area contributed by atoms with E-state index >= 15 is 0 Å². The summed E-state index contributed by atoms with van der Waals surface area (Å²) in [5, 5.41) is 13.2. The monoisotopic (exact) mass is 445 g/mol. The van der Waals surface area contributed by atoms with Gasteiger partial charge in [0.1, 0.15) is 0 Å². The molecule has 0 aromatic heterocycles. The van der Waals surface area contributed by atoms with Gasteiger partial charge in [0.2, 0.25) is 0 Å². The van der Waals surface area contributed by atoms with Gasteiger partial charge in [-0.15, -0.1) is 0 Å². The molecule has 2 amide bonds. The second kappa shape index (κ2) is 10.9. The van der Waals surface area contributed by atoms with Crippen molar-refractivity contribution in [2.45, 2.75) is 51.1 Å². The Labute approximate surface area is 197 Å². The lowest BCUT2D eigenvalue weighted by Crippen LogP contribution is -2.68. The van der Waals surface area contributed by atoms with Crippen LogP contribution in [0.25, 0.3) is 0 Å². The summed E-state index contributed by atoms with van der Waals surface area (Å²) in [6.07, 6.45) is 2.89. The molecule has 0 spiro atoms. The van der Waals surface area contributed by atoms with Gasteiger partial charge in [0.25, 0.3) is 0 Å². The van der Waals surface area contributed by atoms with Crippen molar-refractivity contribution in [1.29, 1.82) is 0 Å². The van der Waals surface area contributed by atoms with Gasteiger partial charge in [-0.3, -0.25) is 4.90 Å². The molecule has 0 bridgehead atoms. The van der Waals surface area contributed by atoms with Crippen molar-refractivity contribution in [3.8, 4) is 11.8 Å². The van der Waals surface area contributed by atoms with Crippen LogP contribution < -0.4 is 5.32 Å². The number of rotatable bonds is 4. The minimum Gasteiger partial charge on any atom is -0.395 e. The fourth-order valence-electron chi connectivity index (χ4n) is 4.99. The zero-order valence-corrected chi connectivity index (χ0v) is 19.7. The Kier molecular flexibility index (Phi) is 7.69. The number of amides is 2. The molecular weight excluding hydrogens is 410 g/mol. The smallest absolute Gasteiger partial charge is 0.321 e. The highest BCUT2D eigenvalue weighted by atomic mass is 16.3. The molecule has 0 saturated carbocycles. The molecule has 2 aliphatic heterocycles. The second-order valence-electron chi connectivity index (χ2n) is 9.55. The van der Waals surface area contributed by atoms with Crippen molar-refractivity contribution < 1.29 is 9.90 Å². The Morgan fingerprint density at radius 1 is 1.09 bits per heavy atom. The van der Waals surface area contributed by atoms with Gasteiger partial charge < -0.3 is 15.3 Å². The minimum atomic E-state index is -0.0509. The molecule has 3 atom stereocenters. The van der Waals surface area contributed by atoms with Gasteiger partial charge in [-0.1, -0.05) is 56.0 Å². The highest BCUT2D eigenvalue weighted by molar-refractivity contribution is 5.89. The number of para-hydroxylation sites is 1. The summed E-state index contributed by atoms with van der Waals surface area (Å²) in [5.74, 6) is 7.28. The Morgan fingerprint density at radius 3 is 2.52 bits per heavy atom. The van der Waals surface area contributed by atoms with Crippen molar-refractivity contribution in [1.82, 2.24) is 9.80 Å². The number of fused-ring (bicyclic) bond motifs is 1. The standard InChI is InChI=1S/C28H35N3O2/c1-21(2)9-8-10-22-13-15-23(16-14-22)27-25-19-30(17-6-7-18-31(25)26(27)20-32)28(33)29-24-11-4-3-5-12-24/h3-5,11-16,21,25-27,32H,6-7,9,17-20H2,1-2H3,(H,29,33)/t25-,26+,27-/m0/s1. The molecule has 5 heteroatoms. The fourth-order valence-corrected chi connectivity index (χ4v) is 4.99. The minimum absolute atomic E-state index is 0.0509. The Balaban J connectivity index is 1.49. The summed E-state index contributed by atoms with van der Waals surface area (Å²) < 4.78 is 0. The highest BCUT2D eigenvalue weighted by Crippen LogP contribution is 2.42. The fraction of sp³-hybridized carbons (Fsp3) is 0.464. The summed E-state index contributed by atoms with van der Waals surface area (Å²) in [7, 11) is 0. The average Bonchev–Trinajstić information content (AvgIpc) is 2.79. The van der Waals surface area contributed by atoms with E-state index in [0.717, 1.165) is 43.6 Å². The number of benzene rings is 2. The van der Waals surface area contributed by atoms with Crippen LogP contribution in [0.5, 0.6) is 0 Å². The van der Waals surface area contributed by atoms with Crippen LogP contribution in [-0.4, -0.2) is 59.3 Å². The summed E-state index contributed by atoms with van der Waals surface area (Å²) in [6, 6.07) is 18.3. The maximum absolute atomic E-state index is 13.0. The first kappa shape index (κ1) is 23.4. The molecule has 2 aromatic carbocycles. The van der Waals surface area contributed by atoms with Crippen molar-refractivity contribution in [3.05, 3.63) is 65.7 Å². The third kappa shape index (κ3) is 5.58.